The summed E-state index contributed by atoms with van der Waals surface area (Å²) in [6.07, 6.45) is 3.14. The van der Waals surface area contributed by atoms with Crippen molar-refractivity contribution in [2.75, 3.05) is 0 Å². The molecule has 198 valence electrons. The molecule has 4 unspecified atom stereocenters. The van der Waals surface area contributed by atoms with Crippen LogP contribution >= 0.6 is 0 Å². The molecule has 6 rings (SSSR count). The number of phenolic OH excluding ortho intramolecular Hbond substituents is 1. The molecule has 1 aromatic heterocycles. The van der Waals surface area contributed by atoms with Crippen LogP contribution in [-0.4, -0.2) is 34.5 Å². The molecule has 3 aromatic rings. The largest absolute Gasteiger partial charge is 0.507 e. The van der Waals surface area contributed by atoms with Crippen LogP contribution in [0.1, 0.15) is 55.0 Å². The Hall–Kier alpha value is -3.82. The van der Waals surface area contributed by atoms with E-state index in [0.29, 0.717) is 23.5 Å². The van der Waals surface area contributed by atoms with E-state index in [-0.39, 0.29) is 40.8 Å². The molecule has 4 heterocycles. The van der Waals surface area contributed by atoms with E-state index >= 15 is 0 Å². The van der Waals surface area contributed by atoms with Gasteiger partial charge in [-0.2, -0.15) is 0 Å². The predicted octanol–water partition coefficient (Wildman–Crippen LogP) is 3.36. The van der Waals surface area contributed by atoms with Crippen LogP contribution in [0.2, 0.25) is 0 Å². The number of ether oxygens (including phenoxy) is 3. The molecule has 3 aliphatic rings. The van der Waals surface area contributed by atoms with Crippen LogP contribution in [-0.2, 0) is 27.1 Å². The first kappa shape index (κ1) is 24.5. The summed E-state index contributed by atoms with van der Waals surface area (Å²) < 4.78 is 23.7. The number of epoxide rings is 1. The summed E-state index contributed by atoms with van der Waals surface area (Å²) in [6, 6.07) is 8.87. The van der Waals surface area contributed by atoms with Gasteiger partial charge in [-0.1, -0.05) is 18.2 Å². The number of carbonyl (C=O) groups is 1. The molecule has 3 aliphatic heterocycles. The van der Waals surface area contributed by atoms with Gasteiger partial charge in [-0.25, -0.2) is 4.79 Å². The standard InChI is InChI=1S/C29H30N2O7/c1-14-10-19(32)24-21(35-14)13-20-18(25(24)33)12-22(28(2,3)37-20)36-27(34)29(4)23(38-29)11-15-6-5-7-17-16(15)8-9-31-26(17)30/h5-10,13,22-23,26,31,33H,11-12,30H2,1-4H3. The third-order valence-corrected chi connectivity index (χ3v) is 7.81. The summed E-state index contributed by atoms with van der Waals surface area (Å²) in [4.78, 5) is 25.9. The number of nitrogens with one attached hydrogen (secondary N) is 1. The van der Waals surface area contributed by atoms with Gasteiger partial charge >= 0.3 is 5.97 Å². The lowest BCUT2D eigenvalue weighted by atomic mass is 9.89. The van der Waals surface area contributed by atoms with Crippen molar-refractivity contribution in [2.45, 2.75) is 70.1 Å². The number of phenols is 1. The van der Waals surface area contributed by atoms with Gasteiger partial charge in [0.1, 0.15) is 52.2 Å². The molecule has 4 N–H and O–H groups in total. The highest BCUT2D eigenvalue weighted by Gasteiger charge is 2.61. The summed E-state index contributed by atoms with van der Waals surface area (Å²) >= 11 is 0. The minimum Gasteiger partial charge on any atom is -0.507 e. The van der Waals surface area contributed by atoms with Gasteiger partial charge in [0, 0.05) is 30.5 Å². The van der Waals surface area contributed by atoms with Gasteiger partial charge in [0.25, 0.3) is 0 Å². The van der Waals surface area contributed by atoms with Crippen molar-refractivity contribution < 1.29 is 28.5 Å². The van der Waals surface area contributed by atoms with Gasteiger partial charge in [-0.15, -0.1) is 0 Å². The highest BCUT2D eigenvalue weighted by atomic mass is 16.7. The number of nitrogens with two attached hydrogens (primary N) is 1. The number of aryl methyl sites for hydroxylation is 1. The summed E-state index contributed by atoms with van der Waals surface area (Å²) in [5.41, 5.74) is 7.51. The molecule has 1 fully saturated rings. The van der Waals surface area contributed by atoms with Crippen molar-refractivity contribution in [2.24, 2.45) is 5.73 Å². The van der Waals surface area contributed by atoms with Crippen LogP contribution in [0.3, 0.4) is 0 Å². The van der Waals surface area contributed by atoms with Gasteiger partial charge < -0.3 is 34.8 Å². The van der Waals surface area contributed by atoms with Crippen molar-refractivity contribution in [1.29, 1.82) is 0 Å². The van der Waals surface area contributed by atoms with Crippen molar-refractivity contribution in [3.63, 3.8) is 0 Å². The second-order valence-electron chi connectivity index (χ2n) is 10.9. The van der Waals surface area contributed by atoms with Crippen molar-refractivity contribution in [1.82, 2.24) is 5.32 Å². The first-order chi connectivity index (χ1) is 18.0. The van der Waals surface area contributed by atoms with E-state index in [0.717, 1.165) is 16.7 Å². The third-order valence-electron chi connectivity index (χ3n) is 7.81. The number of aromatic hydroxyl groups is 1. The second kappa shape index (κ2) is 8.34. The zero-order valence-corrected chi connectivity index (χ0v) is 21.7. The van der Waals surface area contributed by atoms with Gasteiger partial charge in [0.05, 0.1) is 0 Å². The lowest BCUT2D eigenvalue weighted by molar-refractivity contribution is -0.166. The number of benzene rings is 2. The minimum atomic E-state index is -1.11. The maximum atomic E-state index is 13.4. The monoisotopic (exact) mass is 518 g/mol. The molecule has 0 radical (unpaired) electrons. The van der Waals surface area contributed by atoms with E-state index in [1.165, 1.54) is 6.07 Å². The van der Waals surface area contributed by atoms with E-state index in [1.54, 1.807) is 19.9 Å². The third kappa shape index (κ3) is 3.85. The summed E-state index contributed by atoms with van der Waals surface area (Å²) in [5, 5.41) is 14.1. The molecule has 38 heavy (non-hydrogen) atoms. The number of fused-ring (bicyclic) bond motifs is 3. The number of esters is 1. The topological polar surface area (TPSA) is 137 Å². The lowest BCUT2D eigenvalue weighted by Crippen LogP contribution is -2.50. The first-order valence-electron chi connectivity index (χ1n) is 12.6. The summed E-state index contributed by atoms with van der Waals surface area (Å²) in [6.45, 7) is 7.02. The van der Waals surface area contributed by atoms with Gasteiger partial charge in [0.15, 0.2) is 11.0 Å². The average molecular weight is 519 g/mol. The highest BCUT2D eigenvalue weighted by Crippen LogP contribution is 2.45. The number of carbonyl (C=O) groups excluding carboxylic acids is 1. The Morgan fingerprint density at radius 3 is 2.84 bits per heavy atom. The maximum Gasteiger partial charge on any atom is 0.341 e. The van der Waals surface area contributed by atoms with E-state index < -0.39 is 23.3 Å². The van der Waals surface area contributed by atoms with Crippen molar-refractivity contribution in [3.05, 3.63) is 74.8 Å². The van der Waals surface area contributed by atoms with Crippen molar-refractivity contribution in [3.8, 4) is 11.5 Å². The molecule has 2 aromatic carbocycles. The zero-order valence-electron chi connectivity index (χ0n) is 21.7. The van der Waals surface area contributed by atoms with E-state index in [2.05, 4.69) is 5.32 Å². The molecule has 1 saturated heterocycles. The van der Waals surface area contributed by atoms with Crippen LogP contribution < -0.4 is 21.2 Å². The van der Waals surface area contributed by atoms with Crippen LogP contribution in [0.5, 0.6) is 11.5 Å². The Balaban J connectivity index is 1.22. The van der Waals surface area contributed by atoms with Gasteiger partial charge in [-0.3, -0.25) is 4.79 Å². The molecule has 0 amide bonds. The number of hydrogen-bond acceptors (Lipinski definition) is 9. The molecule has 9 nitrogen and oxygen atoms in total. The van der Waals surface area contributed by atoms with Crippen LogP contribution in [0.15, 0.2) is 45.7 Å². The Labute approximate surface area is 219 Å². The number of hydrogen-bond donors (Lipinski definition) is 3. The maximum absolute atomic E-state index is 13.4. The molecular formula is C29H30N2O7. The fourth-order valence-electron chi connectivity index (χ4n) is 5.43. The van der Waals surface area contributed by atoms with E-state index in [4.69, 9.17) is 24.4 Å². The average Bonchev–Trinajstić information content (AvgIpc) is 3.50. The SMILES string of the molecule is Cc1cc(=O)c2c(O)c3c(cc2o1)OC(C)(C)C(OC(=O)C1(C)OC1Cc1cccc2c1C=CNC2N)C3. The first-order valence-corrected chi connectivity index (χ1v) is 12.6. The Kier molecular flexibility index (Phi) is 5.38. The zero-order chi connectivity index (χ0) is 27.0. The molecule has 0 spiro atoms. The van der Waals surface area contributed by atoms with E-state index in [9.17, 15) is 14.7 Å². The van der Waals surface area contributed by atoms with Crippen molar-refractivity contribution >= 4 is 23.0 Å². The quantitative estimate of drug-likeness (QED) is 0.351. The fraction of sp³-hybridized carbons (Fsp3) is 0.379. The van der Waals surface area contributed by atoms with E-state index in [1.807, 2.05) is 44.3 Å². The van der Waals surface area contributed by atoms with Crippen LogP contribution in [0, 0.1) is 6.92 Å². The Morgan fingerprint density at radius 1 is 1.26 bits per heavy atom. The molecule has 0 bridgehead atoms. The van der Waals surface area contributed by atoms with Gasteiger partial charge in [-0.05, 0) is 56.7 Å². The molecule has 9 heteroatoms. The van der Waals surface area contributed by atoms with Crippen LogP contribution in [0.25, 0.3) is 17.0 Å². The summed E-state index contributed by atoms with van der Waals surface area (Å²) in [7, 11) is 0. The molecular weight excluding hydrogens is 488 g/mol. The predicted molar refractivity (Wildman–Crippen MR) is 140 cm³/mol. The highest BCUT2D eigenvalue weighted by molar-refractivity contribution is 5.87. The van der Waals surface area contributed by atoms with Crippen LogP contribution in [0.4, 0.5) is 0 Å². The fourth-order valence-corrected chi connectivity index (χ4v) is 5.43. The summed E-state index contributed by atoms with van der Waals surface area (Å²) in [5.74, 6) is 0.107. The molecule has 0 saturated carbocycles. The Bertz CT molecular complexity index is 1570. The second-order valence-corrected chi connectivity index (χ2v) is 10.9. The number of rotatable bonds is 4. The normalized spacial score (nSPS) is 26.6. The lowest BCUT2D eigenvalue weighted by Gasteiger charge is -2.39. The molecule has 0 aliphatic carbocycles. The Morgan fingerprint density at radius 2 is 2.05 bits per heavy atom. The van der Waals surface area contributed by atoms with Gasteiger partial charge in [0.2, 0.25) is 0 Å². The molecule has 4 atom stereocenters. The minimum absolute atomic E-state index is 0.0791. The smallest absolute Gasteiger partial charge is 0.341 e.